The molecule has 0 spiro atoms. The van der Waals surface area contributed by atoms with E-state index < -0.39 is 0 Å². The lowest BCUT2D eigenvalue weighted by Gasteiger charge is -2.48. The average molecular weight is 329 g/mol. The molecule has 0 atom stereocenters. The zero-order valence-corrected chi connectivity index (χ0v) is 15.0. The normalized spacial score (nSPS) is 18.1. The number of aromatic amines is 1. The molecule has 2 N–H and O–H groups in total. The number of nitrogens with zero attached hydrogens (tertiary/aromatic N) is 3. The summed E-state index contributed by atoms with van der Waals surface area (Å²) in [6, 6.07) is 4.39. The zero-order valence-electron chi connectivity index (χ0n) is 15.0. The Hall–Kier alpha value is -2.08. The Kier molecular flexibility index (Phi) is 4.49. The summed E-state index contributed by atoms with van der Waals surface area (Å²) in [5.41, 5.74) is 3.65. The highest BCUT2D eigenvalue weighted by molar-refractivity contribution is 5.92. The Labute approximate surface area is 143 Å². The minimum Gasteiger partial charge on any atom is -0.368 e. The summed E-state index contributed by atoms with van der Waals surface area (Å²) in [6.45, 7) is 12.7. The molecule has 2 heterocycles. The number of carbonyl (C=O) groups is 1. The van der Waals surface area contributed by atoms with Gasteiger partial charge in [-0.2, -0.15) is 5.10 Å². The maximum absolute atomic E-state index is 11.1. The number of benzene rings is 1. The first-order valence-corrected chi connectivity index (χ1v) is 8.55. The Morgan fingerprint density at radius 2 is 2.17 bits per heavy atom. The van der Waals surface area contributed by atoms with Crippen molar-refractivity contribution in [3.05, 3.63) is 23.9 Å². The van der Waals surface area contributed by atoms with Crippen molar-refractivity contribution in [1.29, 1.82) is 0 Å². The van der Waals surface area contributed by atoms with Gasteiger partial charge in [-0.15, -0.1) is 0 Å². The predicted octanol–water partition coefficient (Wildman–Crippen LogP) is 1.91. The van der Waals surface area contributed by atoms with E-state index in [9.17, 15) is 4.79 Å². The lowest BCUT2D eigenvalue weighted by molar-refractivity contribution is -0.119. The zero-order chi connectivity index (χ0) is 17.3. The molecule has 1 aromatic carbocycles. The summed E-state index contributed by atoms with van der Waals surface area (Å²) >= 11 is 0. The van der Waals surface area contributed by atoms with Gasteiger partial charge < -0.3 is 10.2 Å². The second-order valence-corrected chi connectivity index (χ2v) is 7.32. The molecule has 0 unspecified atom stereocenters. The summed E-state index contributed by atoms with van der Waals surface area (Å²) < 4.78 is 0. The molecule has 6 nitrogen and oxygen atoms in total. The molecule has 1 aliphatic heterocycles. The Morgan fingerprint density at radius 1 is 1.38 bits per heavy atom. The highest BCUT2D eigenvalue weighted by Crippen LogP contribution is 2.31. The van der Waals surface area contributed by atoms with Crippen LogP contribution in [0.3, 0.4) is 0 Å². The van der Waals surface area contributed by atoms with E-state index in [0.717, 1.165) is 31.7 Å². The monoisotopic (exact) mass is 329 g/mol. The van der Waals surface area contributed by atoms with Gasteiger partial charge in [-0.1, -0.05) is 0 Å². The molecule has 130 valence electrons. The molecule has 6 heteroatoms. The number of aromatic nitrogens is 2. The van der Waals surface area contributed by atoms with Crippen molar-refractivity contribution in [2.24, 2.45) is 0 Å². The van der Waals surface area contributed by atoms with Crippen LogP contribution in [-0.2, 0) is 4.79 Å². The smallest absolute Gasteiger partial charge is 0.216 e. The molecule has 3 rings (SSSR count). The SMILES string of the molecule is CC(=O)NCCN1CCN(c2cc(C)cc3[nH]ncc23)CC1(C)C. The van der Waals surface area contributed by atoms with Crippen LogP contribution in [0.4, 0.5) is 5.69 Å². The van der Waals surface area contributed by atoms with Crippen LogP contribution < -0.4 is 10.2 Å². The van der Waals surface area contributed by atoms with E-state index in [1.165, 1.54) is 16.6 Å². The van der Waals surface area contributed by atoms with Gasteiger partial charge in [0.1, 0.15) is 0 Å². The number of amides is 1. The second-order valence-electron chi connectivity index (χ2n) is 7.32. The minimum absolute atomic E-state index is 0.0357. The summed E-state index contributed by atoms with van der Waals surface area (Å²) in [5.74, 6) is 0.0357. The van der Waals surface area contributed by atoms with E-state index in [0.29, 0.717) is 6.54 Å². The van der Waals surface area contributed by atoms with Gasteiger partial charge in [-0.25, -0.2) is 0 Å². The Balaban J connectivity index is 1.76. The van der Waals surface area contributed by atoms with E-state index in [1.54, 1.807) is 6.92 Å². The molecule has 0 radical (unpaired) electrons. The summed E-state index contributed by atoms with van der Waals surface area (Å²) in [6.07, 6.45) is 1.92. The number of carbonyl (C=O) groups excluding carboxylic acids is 1. The topological polar surface area (TPSA) is 64.3 Å². The van der Waals surface area contributed by atoms with Crippen molar-refractivity contribution in [2.45, 2.75) is 33.2 Å². The number of aryl methyl sites for hydroxylation is 1. The van der Waals surface area contributed by atoms with Gasteiger partial charge in [0.2, 0.25) is 5.91 Å². The third-order valence-corrected chi connectivity index (χ3v) is 4.85. The number of anilines is 1. The summed E-state index contributed by atoms with van der Waals surface area (Å²) in [4.78, 5) is 16.0. The number of hydrogen-bond donors (Lipinski definition) is 2. The molecule has 1 saturated heterocycles. The number of fused-ring (bicyclic) bond motifs is 1. The lowest BCUT2D eigenvalue weighted by Crippen LogP contribution is -2.60. The highest BCUT2D eigenvalue weighted by Gasteiger charge is 2.34. The van der Waals surface area contributed by atoms with Crippen LogP contribution in [0.25, 0.3) is 10.9 Å². The number of rotatable bonds is 4. The van der Waals surface area contributed by atoms with Gasteiger partial charge >= 0.3 is 0 Å². The molecule has 0 bridgehead atoms. The second kappa shape index (κ2) is 6.43. The van der Waals surface area contributed by atoms with Gasteiger partial charge in [0.25, 0.3) is 0 Å². The van der Waals surface area contributed by atoms with E-state index >= 15 is 0 Å². The van der Waals surface area contributed by atoms with Gasteiger partial charge in [0.15, 0.2) is 0 Å². The summed E-state index contributed by atoms with van der Waals surface area (Å²) in [5, 5.41) is 11.4. The van der Waals surface area contributed by atoms with Crippen LogP contribution in [0.5, 0.6) is 0 Å². The first-order valence-electron chi connectivity index (χ1n) is 8.55. The van der Waals surface area contributed by atoms with Crippen LogP contribution in [0.1, 0.15) is 26.3 Å². The van der Waals surface area contributed by atoms with Gasteiger partial charge in [-0.3, -0.25) is 14.8 Å². The summed E-state index contributed by atoms with van der Waals surface area (Å²) in [7, 11) is 0. The third-order valence-electron chi connectivity index (χ3n) is 4.85. The average Bonchev–Trinajstić information content (AvgIpc) is 2.95. The maximum Gasteiger partial charge on any atom is 0.216 e. The number of H-pyrrole nitrogens is 1. The van der Waals surface area contributed by atoms with Crippen LogP contribution in [0.15, 0.2) is 18.3 Å². The van der Waals surface area contributed by atoms with Gasteiger partial charge in [0.05, 0.1) is 11.7 Å². The molecule has 0 saturated carbocycles. The quantitative estimate of drug-likeness (QED) is 0.899. The molecule has 1 fully saturated rings. The lowest BCUT2D eigenvalue weighted by atomic mass is 9.97. The highest BCUT2D eigenvalue weighted by atomic mass is 16.1. The molecule has 1 amide bonds. The van der Waals surface area contributed by atoms with Crippen molar-refractivity contribution in [2.75, 3.05) is 37.6 Å². The number of piperazine rings is 1. The molecule has 1 aliphatic rings. The third kappa shape index (κ3) is 3.38. The van der Waals surface area contributed by atoms with Crippen LogP contribution in [0, 0.1) is 6.92 Å². The first kappa shape index (κ1) is 16.8. The molecule has 2 aromatic rings. The molecule has 1 aromatic heterocycles. The molecule has 24 heavy (non-hydrogen) atoms. The number of hydrogen-bond acceptors (Lipinski definition) is 4. The van der Waals surface area contributed by atoms with Gasteiger partial charge in [-0.05, 0) is 38.5 Å². The fourth-order valence-electron chi connectivity index (χ4n) is 3.61. The Bertz CT molecular complexity index is 736. The standard InChI is InChI=1S/C18H27N5O/c1-13-9-16-15(11-20-21-16)17(10-13)22-7-8-23(18(3,4)12-22)6-5-19-14(2)24/h9-11H,5-8,12H2,1-4H3,(H,19,24)(H,20,21). The van der Waals surface area contributed by atoms with Crippen molar-refractivity contribution >= 4 is 22.5 Å². The number of nitrogens with one attached hydrogen (secondary N) is 2. The molecular weight excluding hydrogens is 302 g/mol. The van der Waals surface area contributed by atoms with Crippen molar-refractivity contribution in [1.82, 2.24) is 20.4 Å². The largest absolute Gasteiger partial charge is 0.368 e. The fraction of sp³-hybridized carbons (Fsp3) is 0.556. The van der Waals surface area contributed by atoms with Gasteiger partial charge in [0, 0.05) is 56.3 Å². The van der Waals surface area contributed by atoms with Crippen molar-refractivity contribution in [3.8, 4) is 0 Å². The minimum atomic E-state index is 0.0357. The van der Waals surface area contributed by atoms with Crippen molar-refractivity contribution in [3.63, 3.8) is 0 Å². The predicted molar refractivity (Wildman–Crippen MR) is 97.4 cm³/mol. The van der Waals surface area contributed by atoms with E-state index in [4.69, 9.17) is 0 Å². The van der Waals surface area contributed by atoms with E-state index in [1.807, 2.05) is 6.20 Å². The first-order chi connectivity index (χ1) is 11.4. The van der Waals surface area contributed by atoms with E-state index in [-0.39, 0.29) is 11.4 Å². The molecule has 0 aliphatic carbocycles. The maximum atomic E-state index is 11.1. The Morgan fingerprint density at radius 3 is 2.88 bits per heavy atom. The van der Waals surface area contributed by atoms with Crippen LogP contribution in [0.2, 0.25) is 0 Å². The van der Waals surface area contributed by atoms with E-state index in [2.05, 4.69) is 58.2 Å². The van der Waals surface area contributed by atoms with Crippen LogP contribution in [-0.4, -0.2) is 59.3 Å². The molecular formula is C18H27N5O. The van der Waals surface area contributed by atoms with Crippen molar-refractivity contribution < 1.29 is 4.79 Å². The van der Waals surface area contributed by atoms with Crippen LogP contribution >= 0.6 is 0 Å². The fourth-order valence-corrected chi connectivity index (χ4v) is 3.61.